The maximum absolute atomic E-state index is 13.0. The van der Waals surface area contributed by atoms with Crippen molar-refractivity contribution in [3.8, 4) is 0 Å². The Morgan fingerprint density at radius 2 is 0.871 bits per heavy atom. The maximum atomic E-state index is 13.0. The first-order valence-electron chi connectivity index (χ1n) is 27.9. The van der Waals surface area contributed by atoms with Gasteiger partial charge in [-0.3, -0.25) is 9.59 Å². The fourth-order valence-corrected chi connectivity index (χ4v) is 8.82. The number of esters is 2. The highest BCUT2D eigenvalue weighted by atomic mass is 16.7. The van der Waals surface area contributed by atoms with Crippen molar-refractivity contribution in [3.63, 3.8) is 0 Å². The third kappa shape index (κ3) is 29.6. The molecule has 410 valence electrons. The highest BCUT2D eigenvalue weighted by Crippen LogP contribution is 2.27. The topological polar surface area (TPSA) is 231 Å². The summed E-state index contributed by atoms with van der Waals surface area (Å²) in [5, 5.41) is 72.2. The summed E-state index contributed by atoms with van der Waals surface area (Å²) in [4.78, 5) is 25.8. The summed E-state index contributed by atoms with van der Waals surface area (Å²) in [6.07, 6.45) is 27.8. The summed E-state index contributed by atoms with van der Waals surface area (Å²) in [5.74, 6) is -0.931. The molecule has 0 aliphatic carbocycles. The number of carbonyl (C=O) groups excluding carboxylic acids is 2. The van der Waals surface area contributed by atoms with Gasteiger partial charge in [-0.15, -0.1) is 0 Å². The molecule has 2 aliphatic rings. The summed E-state index contributed by atoms with van der Waals surface area (Å²) >= 11 is 0. The molecule has 0 radical (unpaired) electrons. The molecule has 15 heteroatoms. The number of hydrogen-bond acceptors (Lipinski definition) is 15. The molecule has 2 rings (SSSR count). The van der Waals surface area contributed by atoms with Crippen LogP contribution in [0.3, 0.4) is 0 Å². The summed E-state index contributed by atoms with van der Waals surface area (Å²) in [6, 6.07) is 0. The second kappa shape index (κ2) is 42.3. The van der Waals surface area contributed by atoms with Gasteiger partial charge in [0, 0.05) is 12.8 Å². The molecule has 0 bridgehead atoms. The minimum Gasteiger partial charge on any atom is -0.462 e. The Morgan fingerprint density at radius 3 is 1.37 bits per heavy atom. The van der Waals surface area contributed by atoms with Gasteiger partial charge in [-0.25, -0.2) is 0 Å². The van der Waals surface area contributed by atoms with Gasteiger partial charge in [0.1, 0.15) is 55.4 Å². The Morgan fingerprint density at radius 1 is 0.457 bits per heavy atom. The zero-order chi connectivity index (χ0) is 51.0. The highest BCUT2D eigenvalue weighted by molar-refractivity contribution is 5.70. The Balaban J connectivity index is 1.75. The van der Waals surface area contributed by atoms with Crippen LogP contribution in [0.1, 0.15) is 219 Å². The summed E-state index contributed by atoms with van der Waals surface area (Å²) in [6.45, 7) is 2.57. The summed E-state index contributed by atoms with van der Waals surface area (Å²) < 4.78 is 33.6. The smallest absolute Gasteiger partial charge is 0.306 e. The first kappa shape index (κ1) is 64.1. The van der Waals surface area contributed by atoms with E-state index < -0.39 is 92.7 Å². The van der Waals surface area contributed by atoms with Crippen LogP contribution in [0.25, 0.3) is 0 Å². The van der Waals surface area contributed by atoms with E-state index in [0.717, 1.165) is 64.2 Å². The first-order valence-corrected chi connectivity index (χ1v) is 27.9. The van der Waals surface area contributed by atoms with E-state index in [1.807, 2.05) is 0 Å². The van der Waals surface area contributed by atoms with Crippen molar-refractivity contribution < 1.29 is 73.8 Å². The molecule has 11 atom stereocenters. The molecule has 2 fully saturated rings. The van der Waals surface area contributed by atoms with Gasteiger partial charge in [0.15, 0.2) is 18.7 Å². The molecule has 0 amide bonds. The normalized spacial score (nSPS) is 25.5. The highest BCUT2D eigenvalue weighted by Gasteiger charge is 2.47. The minimum atomic E-state index is -1.77. The van der Waals surface area contributed by atoms with Crippen LogP contribution in [-0.2, 0) is 38.0 Å². The molecule has 7 N–H and O–H groups in total. The van der Waals surface area contributed by atoms with Gasteiger partial charge in [0.05, 0.1) is 19.8 Å². The maximum Gasteiger partial charge on any atom is 0.306 e. The second-order valence-electron chi connectivity index (χ2n) is 19.8. The fraction of sp³-hybridized carbons (Fsp3) is 0.891. The molecule has 2 heterocycles. The molecule has 70 heavy (non-hydrogen) atoms. The van der Waals surface area contributed by atoms with E-state index in [4.69, 9.17) is 28.4 Å². The van der Waals surface area contributed by atoms with Crippen molar-refractivity contribution in [2.75, 3.05) is 26.4 Å². The first-order chi connectivity index (χ1) is 34.0. The number of hydrogen-bond donors (Lipinski definition) is 7. The van der Waals surface area contributed by atoms with Crippen molar-refractivity contribution in [1.29, 1.82) is 0 Å². The lowest BCUT2D eigenvalue weighted by atomic mass is 9.98. The number of aliphatic hydroxyl groups excluding tert-OH is 7. The van der Waals surface area contributed by atoms with Crippen LogP contribution in [0.5, 0.6) is 0 Å². The predicted molar refractivity (Wildman–Crippen MR) is 271 cm³/mol. The van der Waals surface area contributed by atoms with Crippen molar-refractivity contribution >= 4 is 11.9 Å². The Labute approximate surface area is 422 Å². The van der Waals surface area contributed by atoms with Crippen molar-refractivity contribution in [1.82, 2.24) is 0 Å². The Kier molecular flexibility index (Phi) is 38.8. The molecular formula is C55H100O15. The zero-order valence-electron chi connectivity index (χ0n) is 43.5. The molecule has 2 saturated heterocycles. The van der Waals surface area contributed by atoms with Gasteiger partial charge < -0.3 is 64.2 Å². The lowest BCUT2D eigenvalue weighted by Gasteiger charge is -2.42. The number of unbranched alkanes of at least 4 members (excludes halogenated alkanes) is 26. The fourth-order valence-electron chi connectivity index (χ4n) is 8.82. The lowest BCUT2D eigenvalue weighted by Crippen LogP contribution is -2.61. The SMILES string of the molecule is CCCC/C=C\C/C=C\CCCCCCCC(=O)OC(COC(=O)CCCCCCCCCCCCCCCCCCCCCC)COC1OC(COC2OC(CO)C(O)C(O)C2O)C(O)C(O)C1O. The summed E-state index contributed by atoms with van der Waals surface area (Å²) in [5.41, 5.74) is 0. The van der Waals surface area contributed by atoms with Crippen LogP contribution in [0.4, 0.5) is 0 Å². The van der Waals surface area contributed by atoms with Crippen LogP contribution in [0.2, 0.25) is 0 Å². The van der Waals surface area contributed by atoms with Gasteiger partial charge in [-0.05, 0) is 38.5 Å². The molecule has 0 aromatic heterocycles. The Hall–Kier alpha value is -2.02. The van der Waals surface area contributed by atoms with E-state index in [1.165, 1.54) is 116 Å². The number of ether oxygens (including phenoxy) is 6. The van der Waals surface area contributed by atoms with Crippen LogP contribution < -0.4 is 0 Å². The number of allylic oxidation sites excluding steroid dienone is 4. The standard InChI is InChI=1S/C55H100O15/c1-3-5-7-9-11-13-15-17-19-20-21-22-23-24-26-27-29-31-33-35-37-46(57)65-40-43(68-47(58)38-36-34-32-30-28-25-18-16-14-12-10-8-6-4-2)41-66-54-53(64)51(62)49(60)45(70-54)42-67-55-52(63)50(61)48(59)44(39-56)69-55/h10,12,16,18,43-45,48-56,59-64H,3-9,11,13-15,17,19-42H2,1-2H3/b12-10-,18-16-. The molecule has 2 aliphatic heterocycles. The van der Waals surface area contributed by atoms with Gasteiger partial charge in [-0.2, -0.15) is 0 Å². The van der Waals surface area contributed by atoms with E-state index in [-0.39, 0.29) is 26.1 Å². The Bertz CT molecular complexity index is 1310. The van der Waals surface area contributed by atoms with Gasteiger partial charge in [0.2, 0.25) is 0 Å². The van der Waals surface area contributed by atoms with Crippen molar-refractivity contribution in [2.45, 2.75) is 287 Å². The van der Waals surface area contributed by atoms with Crippen LogP contribution in [0, 0.1) is 0 Å². The minimum absolute atomic E-state index is 0.152. The van der Waals surface area contributed by atoms with Crippen molar-refractivity contribution in [3.05, 3.63) is 24.3 Å². The van der Waals surface area contributed by atoms with Crippen LogP contribution in [-0.4, -0.2) is 142 Å². The summed E-state index contributed by atoms with van der Waals surface area (Å²) in [7, 11) is 0. The van der Waals surface area contributed by atoms with E-state index >= 15 is 0 Å². The number of rotatable bonds is 44. The zero-order valence-corrected chi connectivity index (χ0v) is 43.5. The molecule has 15 nitrogen and oxygen atoms in total. The van der Waals surface area contributed by atoms with Gasteiger partial charge >= 0.3 is 11.9 Å². The van der Waals surface area contributed by atoms with Crippen LogP contribution >= 0.6 is 0 Å². The van der Waals surface area contributed by atoms with E-state index in [2.05, 4.69) is 38.2 Å². The molecular weight excluding hydrogens is 901 g/mol. The van der Waals surface area contributed by atoms with E-state index in [9.17, 15) is 45.3 Å². The third-order valence-corrected chi connectivity index (χ3v) is 13.4. The lowest BCUT2D eigenvalue weighted by molar-refractivity contribution is -0.332. The van der Waals surface area contributed by atoms with E-state index in [0.29, 0.717) is 12.8 Å². The molecule has 11 unspecified atom stereocenters. The monoisotopic (exact) mass is 1000 g/mol. The molecule has 0 aromatic rings. The second-order valence-corrected chi connectivity index (χ2v) is 19.8. The molecule has 0 saturated carbocycles. The van der Waals surface area contributed by atoms with Crippen molar-refractivity contribution in [2.24, 2.45) is 0 Å². The molecule has 0 aromatic carbocycles. The number of aliphatic hydroxyl groups is 7. The predicted octanol–water partition coefficient (Wildman–Crippen LogP) is 8.72. The van der Waals surface area contributed by atoms with E-state index in [1.54, 1.807) is 0 Å². The average molecular weight is 1000 g/mol. The van der Waals surface area contributed by atoms with Crippen LogP contribution in [0.15, 0.2) is 24.3 Å². The molecule has 0 spiro atoms. The number of carbonyl (C=O) groups is 2. The quantitative estimate of drug-likeness (QED) is 0.0172. The van der Waals surface area contributed by atoms with Gasteiger partial charge in [0.25, 0.3) is 0 Å². The third-order valence-electron chi connectivity index (χ3n) is 13.4. The van der Waals surface area contributed by atoms with Gasteiger partial charge in [-0.1, -0.05) is 192 Å². The largest absolute Gasteiger partial charge is 0.462 e. The average Bonchev–Trinajstić information content (AvgIpc) is 3.35.